The van der Waals surface area contributed by atoms with E-state index in [-0.39, 0.29) is 24.0 Å². The van der Waals surface area contributed by atoms with Crippen LogP contribution in [0, 0.1) is 5.41 Å². The number of rotatable bonds is 7. The van der Waals surface area contributed by atoms with E-state index in [9.17, 15) is 4.79 Å². The van der Waals surface area contributed by atoms with Crippen LogP contribution in [0.3, 0.4) is 0 Å². The lowest BCUT2D eigenvalue weighted by molar-refractivity contribution is -0.914. The Balaban J connectivity index is 1.82. The Labute approximate surface area is 174 Å². The molecule has 5 nitrogen and oxygen atoms in total. The maximum atomic E-state index is 12.9. The minimum absolute atomic E-state index is 0.0418. The van der Waals surface area contributed by atoms with E-state index < -0.39 is 0 Å². The average Bonchev–Trinajstić information content (AvgIpc) is 3.14. The number of carbonyl (C=O) groups is 1. The molecule has 1 N–H and O–H groups in total. The summed E-state index contributed by atoms with van der Waals surface area (Å²) >= 11 is 0. The molecule has 0 amide bonds. The van der Waals surface area contributed by atoms with E-state index in [1.807, 2.05) is 6.08 Å². The summed E-state index contributed by atoms with van der Waals surface area (Å²) in [6.07, 6.45) is 8.34. The van der Waals surface area contributed by atoms with E-state index in [1.54, 1.807) is 13.2 Å². The van der Waals surface area contributed by atoms with E-state index in [2.05, 4.69) is 46.9 Å². The molecule has 0 radical (unpaired) electrons. The summed E-state index contributed by atoms with van der Waals surface area (Å²) in [5, 5.41) is 0. The number of hydrogen-bond donors (Lipinski definition) is 1. The van der Waals surface area contributed by atoms with Crippen LogP contribution in [0.2, 0.25) is 0 Å². The molecule has 5 heteroatoms. The number of ketones is 1. The van der Waals surface area contributed by atoms with Gasteiger partial charge in [-0.1, -0.05) is 31.6 Å². The Hall–Kier alpha value is -2.27. The molecular weight excluding hydrogens is 366 g/mol. The number of ether oxygens (including phenoxy) is 3. The highest BCUT2D eigenvalue weighted by molar-refractivity contribution is 5.90. The molecule has 29 heavy (non-hydrogen) atoms. The van der Waals surface area contributed by atoms with Crippen LogP contribution in [0.5, 0.6) is 17.2 Å². The number of benzene rings is 1. The Bertz CT molecular complexity index is 834. The number of likely N-dealkylation sites (N-methyl/N-ethyl adjacent to an activating group) is 1. The van der Waals surface area contributed by atoms with Gasteiger partial charge >= 0.3 is 0 Å². The molecule has 1 unspecified atom stereocenters. The van der Waals surface area contributed by atoms with Gasteiger partial charge in [0.2, 0.25) is 12.5 Å². The lowest BCUT2D eigenvalue weighted by atomic mass is 9.86. The van der Waals surface area contributed by atoms with Crippen molar-refractivity contribution in [2.75, 3.05) is 27.5 Å². The van der Waals surface area contributed by atoms with Crippen molar-refractivity contribution < 1.29 is 23.9 Å². The van der Waals surface area contributed by atoms with Crippen molar-refractivity contribution >= 4 is 5.78 Å². The Kier molecular flexibility index (Phi) is 6.37. The van der Waals surface area contributed by atoms with Crippen molar-refractivity contribution in [3.05, 3.63) is 41.0 Å². The molecule has 158 valence electrons. The van der Waals surface area contributed by atoms with Crippen LogP contribution in [0.15, 0.2) is 29.9 Å². The molecule has 2 aliphatic rings. The van der Waals surface area contributed by atoms with Gasteiger partial charge in [0, 0.05) is 6.42 Å². The zero-order valence-electron chi connectivity index (χ0n) is 18.6. The quantitative estimate of drug-likeness (QED) is 0.563. The van der Waals surface area contributed by atoms with Crippen molar-refractivity contribution in [1.29, 1.82) is 0 Å². The fraction of sp³-hybridized carbons (Fsp3) is 0.542. The van der Waals surface area contributed by atoms with Gasteiger partial charge in [-0.3, -0.25) is 4.79 Å². The third kappa shape index (κ3) is 4.84. The fourth-order valence-corrected chi connectivity index (χ4v) is 4.02. The van der Waals surface area contributed by atoms with Crippen molar-refractivity contribution in [1.82, 2.24) is 0 Å². The van der Waals surface area contributed by atoms with Crippen LogP contribution in [-0.4, -0.2) is 33.3 Å². The van der Waals surface area contributed by atoms with Crippen LogP contribution in [-0.2, 0) is 11.2 Å². The second-order valence-electron chi connectivity index (χ2n) is 9.09. The van der Waals surface area contributed by atoms with E-state index in [0.29, 0.717) is 12.2 Å². The highest BCUT2D eigenvalue weighted by atomic mass is 16.7. The predicted molar refractivity (Wildman–Crippen MR) is 114 cm³/mol. The highest BCUT2D eigenvalue weighted by Gasteiger charge is 2.37. The molecule has 0 fully saturated rings. The fourth-order valence-electron chi connectivity index (χ4n) is 4.02. The summed E-state index contributed by atoms with van der Waals surface area (Å²) in [6.45, 7) is 9.71. The zero-order chi connectivity index (χ0) is 21.2. The molecule has 1 aromatic carbocycles. The molecule has 1 aromatic rings. The smallest absolute Gasteiger partial charge is 0.231 e. The first-order chi connectivity index (χ1) is 13.7. The lowest BCUT2D eigenvalue weighted by Crippen LogP contribution is -3.10. The van der Waals surface area contributed by atoms with E-state index in [1.165, 1.54) is 16.0 Å². The molecule has 0 saturated carbocycles. The number of quaternary nitrogens is 1. The van der Waals surface area contributed by atoms with Gasteiger partial charge in [0.15, 0.2) is 17.3 Å². The maximum Gasteiger partial charge on any atom is 0.231 e. The van der Waals surface area contributed by atoms with Crippen LogP contribution in [0.25, 0.3) is 0 Å². The summed E-state index contributed by atoms with van der Waals surface area (Å²) in [4.78, 5) is 14.2. The molecule has 2 atom stereocenters. The van der Waals surface area contributed by atoms with Crippen LogP contribution >= 0.6 is 0 Å². The van der Waals surface area contributed by atoms with Crippen molar-refractivity contribution in [3.8, 4) is 17.2 Å². The van der Waals surface area contributed by atoms with Gasteiger partial charge in [-0.05, 0) is 43.4 Å². The highest BCUT2D eigenvalue weighted by Crippen LogP contribution is 2.47. The number of nitrogens with one attached hydrogen (secondary N) is 1. The number of methoxy groups -OCH3 is 1. The van der Waals surface area contributed by atoms with E-state index >= 15 is 0 Å². The van der Waals surface area contributed by atoms with E-state index in [4.69, 9.17) is 14.2 Å². The van der Waals surface area contributed by atoms with Crippen molar-refractivity contribution in [2.24, 2.45) is 5.41 Å². The molecule has 3 rings (SSSR count). The third-order valence-corrected chi connectivity index (χ3v) is 5.84. The topological polar surface area (TPSA) is 49.2 Å². The molecule has 0 saturated heterocycles. The first kappa shape index (κ1) is 21.4. The first-order valence-electron chi connectivity index (χ1n) is 10.4. The van der Waals surface area contributed by atoms with Gasteiger partial charge < -0.3 is 19.1 Å². The molecule has 2 heterocycles. The number of carbonyl (C=O) groups excluding carboxylic acids is 1. The zero-order valence-corrected chi connectivity index (χ0v) is 18.6. The standard InChI is InChI=1S/C24H33NO4/c1-16(2)7-10-24(3,4)11-8-18(26)14-19-21-17(9-12-25(19)5)13-20-22(23(21)27-6)29-15-28-20/h7-8,11,13,19H,9-10,12,14-15H2,1-6H3/p+1/b11-8+/t19-/m0/s1. The second kappa shape index (κ2) is 8.62. The summed E-state index contributed by atoms with van der Waals surface area (Å²) in [7, 11) is 3.80. The maximum absolute atomic E-state index is 12.9. The molecule has 0 bridgehead atoms. The summed E-state index contributed by atoms with van der Waals surface area (Å²) in [6, 6.07) is 2.10. The van der Waals surface area contributed by atoms with Gasteiger partial charge in [-0.25, -0.2) is 0 Å². The SMILES string of the molecule is COc1c2c(cc3c1[C@H](CC(=O)/C=C/C(C)(C)CC=C(C)C)[NH+](C)CC3)OCO2. The van der Waals surface area contributed by atoms with Gasteiger partial charge in [0.25, 0.3) is 0 Å². The summed E-state index contributed by atoms with van der Waals surface area (Å²) < 4.78 is 17.0. The van der Waals surface area contributed by atoms with E-state index in [0.717, 1.165) is 36.4 Å². The Morgan fingerprint density at radius 2 is 2.10 bits per heavy atom. The lowest BCUT2D eigenvalue weighted by Gasteiger charge is -2.32. The van der Waals surface area contributed by atoms with Crippen molar-refractivity contribution in [2.45, 2.75) is 53.0 Å². The number of allylic oxidation sites excluding steroid dienone is 4. The minimum Gasteiger partial charge on any atom is -0.492 e. The predicted octanol–water partition coefficient (Wildman–Crippen LogP) is 3.43. The summed E-state index contributed by atoms with van der Waals surface area (Å²) in [5.74, 6) is 2.27. The van der Waals surface area contributed by atoms with Crippen molar-refractivity contribution in [3.63, 3.8) is 0 Å². The third-order valence-electron chi connectivity index (χ3n) is 5.84. The summed E-state index contributed by atoms with van der Waals surface area (Å²) in [5.41, 5.74) is 3.54. The molecule has 0 aliphatic carbocycles. The monoisotopic (exact) mass is 400 g/mol. The average molecular weight is 401 g/mol. The van der Waals surface area contributed by atoms with Gasteiger partial charge in [-0.2, -0.15) is 0 Å². The Morgan fingerprint density at radius 3 is 2.79 bits per heavy atom. The van der Waals surface area contributed by atoms with Crippen LogP contribution in [0.1, 0.15) is 57.7 Å². The van der Waals surface area contributed by atoms with Gasteiger partial charge in [0.1, 0.15) is 6.04 Å². The molecule has 0 aromatic heterocycles. The molecule has 2 aliphatic heterocycles. The first-order valence-corrected chi connectivity index (χ1v) is 10.4. The van der Waals surface area contributed by atoms with Crippen LogP contribution < -0.4 is 19.1 Å². The van der Waals surface area contributed by atoms with Gasteiger partial charge in [-0.15, -0.1) is 0 Å². The Morgan fingerprint density at radius 1 is 1.34 bits per heavy atom. The normalized spacial score (nSPS) is 20.5. The second-order valence-corrected chi connectivity index (χ2v) is 9.09. The largest absolute Gasteiger partial charge is 0.492 e. The molecular formula is C24H34NO4+. The van der Waals surface area contributed by atoms with Crippen LogP contribution in [0.4, 0.5) is 0 Å². The minimum atomic E-state index is -0.0418. The van der Waals surface area contributed by atoms with Gasteiger partial charge in [0.05, 0.1) is 32.7 Å². The number of hydrogen-bond acceptors (Lipinski definition) is 4. The number of fused-ring (bicyclic) bond motifs is 2. The molecule has 0 spiro atoms.